The highest BCUT2D eigenvalue weighted by Crippen LogP contribution is 2.24. The molecule has 8 heteroatoms. The van der Waals surface area contributed by atoms with Gasteiger partial charge in [-0.25, -0.2) is 4.39 Å². The van der Waals surface area contributed by atoms with Gasteiger partial charge in [-0.05, 0) is 61.6 Å². The molecule has 0 unspecified atom stereocenters. The third-order valence-corrected chi connectivity index (χ3v) is 4.82. The predicted molar refractivity (Wildman–Crippen MR) is 119 cm³/mol. The number of nitrogens with one attached hydrogen (secondary N) is 2. The molecule has 156 valence electrons. The molecule has 1 heterocycles. The van der Waals surface area contributed by atoms with Crippen molar-refractivity contribution in [2.45, 2.75) is 13.5 Å². The van der Waals surface area contributed by atoms with Gasteiger partial charge >= 0.3 is 0 Å². The molecule has 3 aromatic carbocycles. The quantitative estimate of drug-likeness (QED) is 0.394. The number of amides is 1. The second-order valence-corrected chi connectivity index (χ2v) is 7.33. The molecule has 4 rings (SSSR count). The minimum absolute atomic E-state index is 0.0140. The molecule has 4 aromatic rings. The van der Waals surface area contributed by atoms with Gasteiger partial charge in [0.2, 0.25) is 5.91 Å². The summed E-state index contributed by atoms with van der Waals surface area (Å²) in [6, 6.07) is 20.5. The van der Waals surface area contributed by atoms with Crippen LogP contribution in [0.3, 0.4) is 0 Å². The summed E-state index contributed by atoms with van der Waals surface area (Å²) in [5.41, 5.74) is 2.56. The number of aryl methyl sites for hydroxylation is 1. The number of benzene rings is 3. The zero-order valence-electron chi connectivity index (χ0n) is 16.6. The van der Waals surface area contributed by atoms with Crippen molar-refractivity contribution in [1.82, 2.24) is 14.8 Å². The van der Waals surface area contributed by atoms with E-state index in [1.807, 2.05) is 31.2 Å². The highest BCUT2D eigenvalue weighted by molar-refractivity contribution is 7.71. The molecular formula is C23H19FN4O2S. The van der Waals surface area contributed by atoms with Crippen molar-refractivity contribution >= 4 is 23.8 Å². The van der Waals surface area contributed by atoms with Gasteiger partial charge in [-0.3, -0.25) is 14.5 Å². The van der Waals surface area contributed by atoms with Crippen molar-refractivity contribution < 1.29 is 13.9 Å². The van der Waals surface area contributed by atoms with E-state index in [1.54, 1.807) is 41.0 Å². The Morgan fingerprint density at radius 1 is 1.10 bits per heavy atom. The fourth-order valence-corrected chi connectivity index (χ4v) is 3.28. The Morgan fingerprint density at radius 2 is 1.87 bits per heavy atom. The van der Waals surface area contributed by atoms with E-state index < -0.39 is 0 Å². The van der Waals surface area contributed by atoms with E-state index in [1.165, 1.54) is 12.1 Å². The number of halogens is 1. The Balaban J connectivity index is 1.44. The van der Waals surface area contributed by atoms with Crippen LogP contribution < -0.4 is 10.1 Å². The molecule has 1 amide bonds. The molecule has 0 saturated carbocycles. The van der Waals surface area contributed by atoms with Crippen molar-refractivity contribution in [2.24, 2.45) is 0 Å². The van der Waals surface area contributed by atoms with Gasteiger partial charge in [-0.1, -0.05) is 29.8 Å². The summed E-state index contributed by atoms with van der Waals surface area (Å²) < 4.78 is 20.9. The zero-order chi connectivity index (χ0) is 21.8. The number of aromatic nitrogens is 3. The first-order chi connectivity index (χ1) is 15.0. The first-order valence-electron chi connectivity index (χ1n) is 9.53. The second-order valence-electron chi connectivity index (χ2n) is 6.94. The van der Waals surface area contributed by atoms with Gasteiger partial charge < -0.3 is 10.1 Å². The lowest BCUT2D eigenvalue weighted by atomic mass is 10.1. The molecular weight excluding hydrogens is 415 g/mol. The molecule has 1 aromatic heterocycles. The molecule has 0 bridgehead atoms. The van der Waals surface area contributed by atoms with E-state index in [0.717, 1.165) is 11.1 Å². The minimum atomic E-state index is -0.371. The largest absolute Gasteiger partial charge is 0.457 e. The van der Waals surface area contributed by atoms with Gasteiger partial charge in [-0.2, -0.15) is 5.10 Å². The smallest absolute Gasteiger partial charge is 0.244 e. The fraction of sp³-hybridized carbons (Fsp3) is 0.0870. The summed E-state index contributed by atoms with van der Waals surface area (Å²) in [5.74, 6) is 0.911. The lowest BCUT2D eigenvalue weighted by molar-refractivity contribution is -0.116. The van der Waals surface area contributed by atoms with Gasteiger partial charge in [0.25, 0.3) is 0 Å². The van der Waals surface area contributed by atoms with Crippen LogP contribution in [-0.2, 0) is 11.3 Å². The summed E-state index contributed by atoms with van der Waals surface area (Å²) in [5, 5.41) is 9.85. The van der Waals surface area contributed by atoms with E-state index in [0.29, 0.717) is 27.8 Å². The fourth-order valence-electron chi connectivity index (χ4n) is 3.09. The molecule has 0 radical (unpaired) electrons. The summed E-state index contributed by atoms with van der Waals surface area (Å²) in [7, 11) is 0. The number of hydrogen-bond donors (Lipinski definition) is 2. The van der Waals surface area contributed by atoms with Crippen LogP contribution in [0.1, 0.15) is 5.56 Å². The lowest BCUT2D eigenvalue weighted by Crippen LogP contribution is -2.19. The number of hydrogen-bond acceptors (Lipinski definition) is 4. The maximum atomic E-state index is 13.3. The van der Waals surface area contributed by atoms with Crippen LogP contribution >= 0.6 is 12.2 Å². The number of aromatic amines is 1. The SMILES string of the molecule is Cc1cccc(-c2n[nH]c(=S)n2CC(=O)Nc2ccc(Oc3cccc(F)c3)cc2)c1. The van der Waals surface area contributed by atoms with Crippen molar-refractivity contribution in [3.8, 4) is 22.9 Å². The molecule has 2 N–H and O–H groups in total. The highest BCUT2D eigenvalue weighted by Gasteiger charge is 2.13. The maximum Gasteiger partial charge on any atom is 0.244 e. The van der Waals surface area contributed by atoms with Gasteiger partial charge in [0.1, 0.15) is 23.9 Å². The van der Waals surface area contributed by atoms with Crippen LogP contribution in [0.5, 0.6) is 11.5 Å². The van der Waals surface area contributed by atoms with Gasteiger partial charge in [0.05, 0.1) is 0 Å². The molecule has 0 saturated heterocycles. The van der Waals surface area contributed by atoms with Crippen molar-refractivity contribution in [3.63, 3.8) is 0 Å². The summed E-state index contributed by atoms with van der Waals surface area (Å²) in [4.78, 5) is 12.6. The maximum absolute atomic E-state index is 13.3. The van der Waals surface area contributed by atoms with Crippen LogP contribution in [0.25, 0.3) is 11.4 Å². The number of nitrogens with zero attached hydrogens (tertiary/aromatic N) is 2. The zero-order valence-corrected chi connectivity index (χ0v) is 17.4. The van der Waals surface area contributed by atoms with Crippen LogP contribution in [0.2, 0.25) is 0 Å². The van der Waals surface area contributed by atoms with Gasteiger partial charge in [0.15, 0.2) is 10.6 Å². The first kappa shape index (κ1) is 20.5. The van der Waals surface area contributed by atoms with E-state index in [4.69, 9.17) is 17.0 Å². The van der Waals surface area contributed by atoms with Gasteiger partial charge in [-0.15, -0.1) is 0 Å². The molecule has 0 atom stereocenters. The van der Waals surface area contributed by atoms with Crippen LogP contribution in [0.15, 0.2) is 72.8 Å². The molecule has 6 nitrogen and oxygen atoms in total. The predicted octanol–water partition coefficient (Wildman–Crippen LogP) is 5.49. The Bertz CT molecular complexity index is 1280. The number of carbonyl (C=O) groups is 1. The van der Waals surface area contributed by atoms with Crippen LogP contribution in [-0.4, -0.2) is 20.7 Å². The van der Waals surface area contributed by atoms with Crippen LogP contribution in [0.4, 0.5) is 10.1 Å². The normalized spacial score (nSPS) is 10.6. The van der Waals surface area contributed by atoms with Gasteiger partial charge in [0, 0.05) is 17.3 Å². The molecule has 0 fully saturated rings. The summed E-state index contributed by atoms with van der Waals surface area (Å²) in [6.45, 7) is 2.00. The number of ether oxygens (including phenoxy) is 1. The third kappa shape index (κ3) is 5.04. The van der Waals surface area contributed by atoms with E-state index in [2.05, 4.69) is 15.5 Å². The standard InChI is InChI=1S/C23H19FN4O2S/c1-15-4-2-5-16(12-15)22-26-27-23(31)28(22)14-21(29)25-18-8-10-19(11-9-18)30-20-7-3-6-17(24)13-20/h2-13H,14H2,1H3,(H,25,29)(H,27,31). The highest BCUT2D eigenvalue weighted by atomic mass is 32.1. The van der Waals surface area contributed by atoms with E-state index in [-0.39, 0.29) is 18.3 Å². The molecule has 0 aliphatic carbocycles. The van der Waals surface area contributed by atoms with Crippen molar-refractivity contribution in [2.75, 3.05) is 5.32 Å². The van der Waals surface area contributed by atoms with E-state index >= 15 is 0 Å². The molecule has 0 spiro atoms. The van der Waals surface area contributed by atoms with Crippen LogP contribution in [0, 0.1) is 17.5 Å². The van der Waals surface area contributed by atoms with E-state index in [9.17, 15) is 9.18 Å². The third-order valence-electron chi connectivity index (χ3n) is 4.51. The Labute approximate surface area is 183 Å². The summed E-state index contributed by atoms with van der Waals surface area (Å²) in [6.07, 6.45) is 0. The number of anilines is 1. The molecule has 0 aliphatic rings. The molecule has 31 heavy (non-hydrogen) atoms. The summed E-state index contributed by atoms with van der Waals surface area (Å²) >= 11 is 5.30. The average Bonchev–Trinajstić information content (AvgIpc) is 3.10. The Hall–Kier alpha value is -3.78. The number of H-pyrrole nitrogens is 1. The number of carbonyl (C=O) groups excluding carboxylic acids is 1. The Morgan fingerprint density at radius 3 is 2.61 bits per heavy atom. The number of rotatable bonds is 6. The average molecular weight is 434 g/mol. The lowest BCUT2D eigenvalue weighted by Gasteiger charge is -2.10. The molecule has 0 aliphatic heterocycles. The van der Waals surface area contributed by atoms with Crippen molar-refractivity contribution in [3.05, 3.63) is 88.9 Å². The Kier molecular flexibility index (Phi) is 5.90. The van der Waals surface area contributed by atoms with Crippen molar-refractivity contribution in [1.29, 1.82) is 0 Å². The minimum Gasteiger partial charge on any atom is -0.457 e. The monoisotopic (exact) mass is 434 g/mol. The first-order valence-corrected chi connectivity index (χ1v) is 9.94. The topological polar surface area (TPSA) is 71.9 Å². The second kappa shape index (κ2) is 8.93.